The minimum Gasteiger partial charge on any atom is -0.388 e. The maximum Gasteiger partial charge on any atom is 0.323 e. The van der Waals surface area contributed by atoms with Gasteiger partial charge in [0, 0.05) is 12.0 Å². The van der Waals surface area contributed by atoms with Gasteiger partial charge in [-0.25, -0.2) is 4.79 Å². The van der Waals surface area contributed by atoms with Gasteiger partial charge in [-0.05, 0) is 17.7 Å². The molecule has 0 saturated heterocycles. The third-order valence-electron chi connectivity index (χ3n) is 3.18. The lowest BCUT2D eigenvalue weighted by atomic mass is 10.0. The van der Waals surface area contributed by atoms with Gasteiger partial charge in [0.2, 0.25) is 0 Å². The van der Waals surface area contributed by atoms with Crippen molar-refractivity contribution in [2.75, 3.05) is 4.90 Å². The highest BCUT2D eigenvalue weighted by Gasteiger charge is 2.27. The van der Waals surface area contributed by atoms with E-state index in [1.807, 2.05) is 6.07 Å². The Hall–Kier alpha value is -2.33. The summed E-state index contributed by atoms with van der Waals surface area (Å²) in [6.45, 7) is 7.44. The Morgan fingerprint density at radius 2 is 2.05 bits per heavy atom. The molecule has 0 fully saturated rings. The number of primary amides is 1. The monoisotopic (exact) mass is 256 g/mol. The van der Waals surface area contributed by atoms with Crippen LogP contribution in [0.2, 0.25) is 0 Å². The normalized spacial score (nSPS) is 18.6. The molecular formula is C15H16N2O2. The number of carbonyl (C=O) groups is 1. The first-order valence-corrected chi connectivity index (χ1v) is 5.94. The van der Waals surface area contributed by atoms with Crippen LogP contribution in [0.15, 0.2) is 60.8 Å². The molecule has 3 N–H and O–H groups in total. The van der Waals surface area contributed by atoms with E-state index >= 15 is 0 Å². The number of rotatable bonds is 2. The smallest absolute Gasteiger partial charge is 0.323 e. The highest BCUT2D eigenvalue weighted by atomic mass is 16.3. The standard InChI is InChI=1S/C15H16N2O2/c1-3-10-9-14(18)11-7-5-6-8-13(11)17(15(16)19)12(10)4-2/h3-8,14,18H,1-2,9H2,(H2,16,19). The molecule has 1 aliphatic heterocycles. The van der Waals surface area contributed by atoms with Crippen molar-refractivity contribution in [3.63, 3.8) is 0 Å². The average Bonchev–Trinajstić information content (AvgIpc) is 2.53. The lowest BCUT2D eigenvalue weighted by molar-refractivity contribution is 0.180. The topological polar surface area (TPSA) is 66.6 Å². The quantitative estimate of drug-likeness (QED) is 0.854. The summed E-state index contributed by atoms with van der Waals surface area (Å²) in [6.07, 6.45) is 2.83. The van der Waals surface area contributed by atoms with Crippen molar-refractivity contribution in [1.82, 2.24) is 0 Å². The number of para-hydroxylation sites is 1. The molecule has 98 valence electrons. The van der Waals surface area contributed by atoms with E-state index in [1.165, 1.54) is 4.90 Å². The Labute approximate surface area is 112 Å². The van der Waals surface area contributed by atoms with Crippen LogP contribution in [-0.4, -0.2) is 11.1 Å². The Kier molecular flexibility index (Phi) is 3.53. The molecule has 1 aromatic carbocycles. The molecule has 0 bridgehead atoms. The van der Waals surface area contributed by atoms with Crippen molar-refractivity contribution < 1.29 is 9.90 Å². The third kappa shape index (κ3) is 2.18. The van der Waals surface area contributed by atoms with E-state index in [4.69, 9.17) is 5.73 Å². The van der Waals surface area contributed by atoms with Gasteiger partial charge in [-0.2, -0.15) is 0 Å². The van der Waals surface area contributed by atoms with E-state index in [9.17, 15) is 9.90 Å². The van der Waals surface area contributed by atoms with Crippen LogP contribution in [0.4, 0.5) is 10.5 Å². The fourth-order valence-electron chi connectivity index (χ4n) is 2.32. The van der Waals surface area contributed by atoms with Gasteiger partial charge in [0.1, 0.15) is 0 Å². The second-order valence-electron chi connectivity index (χ2n) is 4.27. The SMILES string of the molecule is C=CC1=C(C=C)N(C(N)=O)c2ccccc2C(O)C1. The van der Waals surface area contributed by atoms with Crippen LogP contribution in [0.5, 0.6) is 0 Å². The zero-order chi connectivity index (χ0) is 14.0. The van der Waals surface area contributed by atoms with Crippen LogP contribution in [0, 0.1) is 0 Å². The van der Waals surface area contributed by atoms with Gasteiger partial charge >= 0.3 is 6.03 Å². The molecule has 19 heavy (non-hydrogen) atoms. The number of urea groups is 1. The average molecular weight is 256 g/mol. The molecule has 1 atom stereocenters. The van der Waals surface area contributed by atoms with Crippen molar-refractivity contribution in [1.29, 1.82) is 0 Å². The first kappa shape index (κ1) is 13.1. The molecule has 2 rings (SSSR count). The molecule has 0 aliphatic carbocycles. The Morgan fingerprint density at radius 3 is 2.63 bits per heavy atom. The number of hydrogen-bond acceptors (Lipinski definition) is 2. The second kappa shape index (κ2) is 5.12. The first-order chi connectivity index (χ1) is 9.10. The number of fused-ring (bicyclic) bond motifs is 1. The third-order valence-corrected chi connectivity index (χ3v) is 3.18. The first-order valence-electron chi connectivity index (χ1n) is 5.94. The Bertz CT molecular complexity index is 575. The van der Waals surface area contributed by atoms with Crippen LogP contribution in [0.25, 0.3) is 0 Å². The predicted molar refractivity (Wildman–Crippen MR) is 75.5 cm³/mol. The predicted octanol–water partition coefficient (Wildman–Crippen LogP) is 2.63. The minimum atomic E-state index is -0.705. The largest absolute Gasteiger partial charge is 0.388 e. The summed E-state index contributed by atoms with van der Waals surface area (Å²) in [5.41, 5.74) is 8.01. The van der Waals surface area contributed by atoms with Gasteiger partial charge in [-0.3, -0.25) is 4.90 Å². The molecule has 1 aromatic rings. The fourth-order valence-corrected chi connectivity index (χ4v) is 2.32. The number of benzene rings is 1. The lowest BCUT2D eigenvalue weighted by Crippen LogP contribution is -2.35. The summed E-state index contributed by atoms with van der Waals surface area (Å²) in [5, 5.41) is 10.3. The van der Waals surface area contributed by atoms with Gasteiger partial charge < -0.3 is 10.8 Å². The number of allylic oxidation sites excluding steroid dienone is 2. The molecule has 0 radical (unpaired) electrons. The maximum absolute atomic E-state index is 11.8. The van der Waals surface area contributed by atoms with E-state index in [0.29, 0.717) is 23.4 Å². The maximum atomic E-state index is 11.8. The van der Waals surface area contributed by atoms with Crippen molar-refractivity contribution in [2.24, 2.45) is 5.73 Å². The van der Waals surface area contributed by atoms with Gasteiger partial charge in [-0.1, -0.05) is 37.4 Å². The summed E-state index contributed by atoms with van der Waals surface area (Å²) in [4.78, 5) is 13.1. The van der Waals surface area contributed by atoms with Gasteiger partial charge in [0.15, 0.2) is 0 Å². The molecule has 0 aromatic heterocycles. The molecule has 4 heteroatoms. The van der Waals surface area contributed by atoms with E-state index in [1.54, 1.807) is 30.4 Å². The number of hydrogen-bond donors (Lipinski definition) is 2. The molecule has 1 aliphatic rings. The van der Waals surface area contributed by atoms with Gasteiger partial charge in [0.25, 0.3) is 0 Å². The van der Waals surface area contributed by atoms with Crippen molar-refractivity contribution in [3.8, 4) is 0 Å². The molecule has 1 heterocycles. The van der Waals surface area contributed by atoms with Crippen LogP contribution < -0.4 is 10.6 Å². The van der Waals surface area contributed by atoms with Crippen LogP contribution in [-0.2, 0) is 0 Å². The van der Waals surface area contributed by atoms with Crippen molar-refractivity contribution >= 4 is 11.7 Å². The van der Waals surface area contributed by atoms with Crippen LogP contribution in [0.1, 0.15) is 18.1 Å². The molecule has 4 nitrogen and oxygen atoms in total. The number of amides is 2. The highest BCUT2D eigenvalue weighted by Crippen LogP contribution is 2.37. The Morgan fingerprint density at radius 1 is 1.37 bits per heavy atom. The van der Waals surface area contributed by atoms with Crippen molar-refractivity contribution in [2.45, 2.75) is 12.5 Å². The zero-order valence-electron chi connectivity index (χ0n) is 10.5. The highest BCUT2D eigenvalue weighted by molar-refractivity contribution is 5.96. The fraction of sp³-hybridized carbons (Fsp3) is 0.133. The summed E-state index contributed by atoms with van der Waals surface area (Å²) >= 11 is 0. The van der Waals surface area contributed by atoms with Crippen LogP contribution in [0.3, 0.4) is 0 Å². The number of aliphatic hydroxyl groups is 1. The number of carbonyl (C=O) groups excluding carboxylic acids is 1. The summed E-state index contributed by atoms with van der Waals surface area (Å²) in [5.74, 6) is 0. The van der Waals surface area contributed by atoms with E-state index in [-0.39, 0.29) is 0 Å². The molecule has 2 amide bonds. The number of anilines is 1. The second-order valence-corrected chi connectivity index (χ2v) is 4.27. The van der Waals surface area contributed by atoms with E-state index in [0.717, 1.165) is 5.57 Å². The molecule has 0 saturated carbocycles. The summed E-state index contributed by atoms with van der Waals surface area (Å²) in [6, 6.07) is 6.52. The van der Waals surface area contributed by atoms with E-state index < -0.39 is 12.1 Å². The van der Waals surface area contributed by atoms with Gasteiger partial charge in [-0.15, -0.1) is 0 Å². The number of nitrogens with zero attached hydrogens (tertiary/aromatic N) is 1. The van der Waals surface area contributed by atoms with E-state index in [2.05, 4.69) is 13.2 Å². The molecular weight excluding hydrogens is 240 g/mol. The summed E-state index contributed by atoms with van der Waals surface area (Å²) < 4.78 is 0. The minimum absolute atomic E-state index is 0.367. The Balaban J connectivity index is 2.73. The number of aliphatic hydroxyl groups excluding tert-OH is 1. The molecule has 0 spiro atoms. The summed E-state index contributed by atoms with van der Waals surface area (Å²) in [7, 11) is 0. The lowest BCUT2D eigenvalue weighted by Gasteiger charge is -2.23. The van der Waals surface area contributed by atoms with Gasteiger partial charge in [0.05, 0.1) is 17.5 Å². The number of nitrogens with two attached hydrogens (primary N) is 1. The van der Waals surface area contributed by atoms with Crippen molar-refractivity contribution in [3.05, 3.63) is 66.4 Å². The van der Waals surface area contributed by atoms with Crippen LogP contribution >= 0.6 is 0 Å². The molecule has 1 unspecified atom stereocenters. The zero-order valence-corrected chi connectivity index (χ0v) is 10.5.